The Hall–Kier alpha value is -2.84. The van der Waals surface area contributed by atoms with Crippen molar-refractivity contribution in [3.8, 4) is 0 Å². The maximum absolute atomic E-state index is 12.2. The quantitative estimate of drug-likeness (QED) is 0.865. The number of carbonyl (C=O) groups excluding carboxylic acids is 1. The Bertz CT molecular complexity index is 768. The number of rotatable bonds is 4. The minimum Gasteiger partial charge on any atom is -0.444 e. The predicted molar refractivity (Wildman–Crippen MR) is 98.4 cm³/mol. The van der Waals surface area contributed by atoms with Crippen LogP contribution in [-0.4, -0.2) is 55.5 Å². The Labute approximate surface area is 152 Å². The first kappa shape index (κ1) is 18.0. The van der Waals surface area contributed by atoms with E-state index in [0.29, 0.717) is 24.9 Å². The van der Waals surface area contributed by atoms with E-state index in [0.717, 1.165) is 12.1 Å². The first-order valence-corrected chi connectivity index (χ1v) is 8.62. The zero-order valence-electron chi connectivity index (χ0n) is 15.6. The molecule has 1 aliphatic rings. The zero-order chi connectivity index (χ0) is 18.7. The van der Waals surface area contributed by atoms with Crippen LogP contribution in [0.15, 0.2) is 24.7 Å². The van der Waals surface area contributed by atoms with E-state index in [2.05, 4.69) is 25.7 Å². The molecule has 1 saturated heterocycles. The molecule has 0 aliphatic carbocycles. The smallest absolute Gasteiger partial charge is 0.410 e. The van der Waals surface area contributed by atoms with Crippen LogP contribution in [0.25, 0.3) is 0 Å². The van der Waals surface area contributed by atoms with Crippen LogP contribution >= 0.6 is 0 Å². The summed E-state index contributed by atoms with van der Waals surface area (Å²) in [6.07, 6.45) is 5.81. The third-order valence-corrected chi connectivity index (χ3v) is 3.81. The van der Waals surface area contributed by atoms with Crippen LogP contribution in [-0.2, 0) is 11.8 Å². The lowest BCUT2D eigenvalue weighted by Gasteiger charge is -2.24. The molecular weight excluding hydrogens is 334 g/mol. The SMILES string of the molecule is Cn1cc(Nc2nccc(NC3CCN(C(=O)OC(C)(C)C)C3)n2)cn1. The van der Waals surface area contributed by atoms with Crippen LogP contribution in [0.3, 0.4) is 0 Å². The van der Waals surface area contributed by atoms with Crippen molar-refractivity contribution in [3.63, 3.8) is 0 Å². The Morgan fingerprint density at radius 3 is 2.88 bits per heavy atom. The highest BCUT2D eigenvalue weighted by Crippen LogP contribution is 2.19. The molecule has 1 fully saturated rings. The number of anilines is 3. The van der Waals surface area contributed by atoms with Gasteiger partial charge in [0.05, 0.1) is 11.9 Å². The summed E-state index contributed by atoms with van der Waals surface area (Å²) in [5.41, 5.74) is 0.337. The van der Waals surface area contributed by atoms with Gasteiger partial charge in [0.25, 0.3) is 0 Å². The minimum absolute atomic E-state index is 0.128. The lowest BCUT2D eigenvalue weighted by atomic mass is 10.2. The van der Waals surface area contributed by atoms with Gasteiger partial charge in [0.15, 0.2) is 0 Å². The van der Waals surface area contributed by atoms with Crippen LogP contribution in [0.4, 0.5) is 22.2 Å². The van der Waals surface area contributed by atoms with E-state index in [4.69, 9.17) is 4.74 Å². The van der Waals surface area contributed by atoms with Gasteiger partial charge in [-0.05, 0) is 33.3 Å². The average Bonchev–Trinajstić information content (AvgIpc) is 3.15. The van der Waals surface area contributed by atoms with E-state index in [-0.39, 0.29) is 12.1 Å². The predicted octanol–water partition coefficient (Wildman–Crippen LogP) is 2.38. The third-order valence-electron chi connectivity index (χ3n) is 3.81. The summed E-state index contributed by atoms with van der Waals surface area (Å²) in [6.45, 7) is 6.86. The number of likely N-dealkylation sites (tertiary alicyclic amines) is 1. The highest BCUT2D eigenvalue weighted by atomic mass is 16.6. The maximum Gasteiger partial charge on any atom is 0.410 e. The Balaban J connectivity index is 1.56. The molecule has 1 amide bonds. The van der Waals surface area contributed by atoms with Gasteiger partial charge < -0.3 is 20.3 Å². The maximum atomic E-state index is 12.2. The number of amides is 1. The summed E-state index contributed by atoms with van der Waals surface area (Å²) in [5, 5.41) is 10.6. The topological polar surface area (TPSA) is 97.2 Å². The fraction of sp³-hybridized carbons (Fsp3) is 0.529. The first-order chi connectivity index (χ1) is 12.3. The highest BCUT2D eigenvalue weighted by Gasteiger charge is 2.29. The van der Waals surface area contributed by atoms with Gasteiger partial charge in [-0.25, -0.2) is 9.78 Å². The second kappa shape index (κ2) is 7.19. The van der Waals surface area contributed by atoms with Crippen molar-refractivity contribution < 1.29 is 9.53 Å². The second-order valence-electron chi connectivity index (χ2n) is 7.35. The van der Waals surface area contributed by atoms with E-state index in [9.17, 15) is 4.79 Å². The molecule has 1 aliphatic heterocycles. The number of aryl methyl sites for hydroxylation is 1. The lowest BCUT2D eigenvalue weighted by Crippen LogP contribution is -2.36. The fourth-order valence-corrected chi connectivity index (χ4v) is 2.69. The van der Waals surface area contributed by atoms with Crippen LogP contribution in [0.1, 0.15) is 27.2 Å². The standard InChI is InChI=1S/C17H25N7O2/c1-17(2,3)26-16(25)24-8-6-12(11-24)20-14-5-7-18-15(22-14)21-13-9-19-23(4)10-13/h5,7,9-10,12H,6,8,11H2,1-4H3,(H2,18,20,21,22). The molecule has 3 heterocycles. The van der Waals surface area contributed by atoms with Crippen molar-refractivity contribution in [2.45, 2.75) is 38.8 Å². The highest BCUT2D eigenvalue weighted by molar-refractivity contribution is 5.68. The summed E-state index contributed by atoms with van der Waals surface area (Å²) in [5.74, 6) is 1.20. The summed E-state index contributed by atoms with van der Waals surface area (Å²) in [7, 11) is 1.85. The normalized spacial score (nSPS) is 17.2. The number of carbonyl (C=O) groups is 1. The lowest BCUT2D eigenvalue weighted by molar-refractivity contribution is 0.0293. The largest absolute Gasteiger partial charge is 0.444 e. The number of hydrogen-bond acceptors (Lipinski definition) is 7. The third kappa shape index (κ3) is 4.84. The molecule has 1 unspecified atom stereocenters. The Morgan fingerprint density at radius 2 is 2.19 bits per heavy atom. The van der Waals surface area contributed by atoms with Gasteiger partial charge in [-0.1, -0.05) is 0 Å². The summed E-state index contributed by atoms with van der Waals surface area (Å²) < 4.78 is 7.13. The first-order valence-electron chi connectivity index (χ1n) is 8.62. The van der Waals surface area contributed by atoms with Crippen molar-refractivity contribution in [1.82, 2.24) is 24.6 Å². The van der Waals surface area contributed by atoms with Crippen LogP contribution < -0.4 is 10.6 Å². The number of nitrogens with zero attached hydrogens (tertiary/aromatic N) is 5. The van der Waals surface area contributed by atoms with Crippen molar-refractivity contribution in [2.75, 3.05) is 23.7 Å². The summed E-state index contributed by atoms with van der Waals surface area (Å²) >= 11 is 0. The van der Waals surface area contributed by atoms with Gasteiger partial charge in [0, 0.05) is 38.6 Å². The molecule has 26 heavy (non-hydrogen) atoms. The molecule has 0 saturated carbocycles. The van der Waals surface area contributed by atoms with Gasteiger partial charge in [0.2, 0.25) is 5.95 Å². The minimum atomic E-state index is -0.484. The van der Waals surface area contributed by atoms with Crippen LogP contribution in [0.2, 0.25) is 0 Å². The van der Waals surface area contributed by atoms with Crippen molar-refractivity contribution in [3.05, 3.63) is 24.7 Å². The summed E-state index contributed by atoms with van der Waals surface area (Å²) in [6, 6.07) is 1.94. The fourth-order valence-electron chi connectivity index (χ4n) is 2.69. The van der Waals surface area contributed by atoms with E-state index in [1.54, 1.807) is 22.0 Å². The molecule has 0 spiro atoms. The van der Waals surface area contributed by atoms with Gasteiger partial charge in [-0.2, -0.15) is 10.1 Å². The van der Waals surface area contributed by atoms with Crippen molar-refractivity contribution in [2.24, 2.45) is 7.05 Å². The van der Waals surface area contributed by atoms with Gasteiger partial charge in [0.1, 0.15) is 11.4 Å². The van der Waals surface area contributed by atoms with E-state index < -0.39 is 5.60 Å². The van der Waals surface area contributed by atoms with E-state index in [1.807, 2.05) is 40.1 Å². The van der Waals surface area contributed by atoms with Crippen molar-refractivity contribution >= 4 is 23.5 Å². The average molecular weight is 359 g/mol. The number of hydrogen-bond donors (Lipinski definition) is 2. The molecule has 0 radical (unpaired) electrons. The molecule has 0 bridgehead atoms. The van der Waals surface area contributed by atoms with Crippen molar-refractivity contribution in [1.29, 1.82) is 0 Å². The molecule has 3 rings (SSSR count). The van der Waals surface area contributed by atoms with Gasteiger partial charge in [-0.15, -0.1) is 0 Å². The Kier molecular flexibility index (Phi) is 4.97. The van der Waals surface area contributed by atoms with Gasteiger partial charge in [-0.3, -0.25) is 4.68 Å². The molecule has 9 nitrogen and oxygen atoms in total. The summed E-state index contributed by atoms with van der Waals surface area (Å²) in [4.78, 5) is 22.6. The van der Waals surface area contributed by atoms with E-state index >= 15 is 0 Å². The number of aromatic nitrogens is 4. The molecule has 9 heteroatoms. The zero-order valence-corrected chi connectivity index (χ0v) is 15.6. The monoisotopic (exact) mass is 359 g/mol. The number of ether oxygens (including phenoxy) is 1. The van der Waals surface area contributed by atoms with Crippen LogP contribution in [0, 0.1) is 0 Å². The molecule has 140 valence electrons. The number of nitrogens with one attached hydrogen (secondary N) is 2. The molecule has 2 aromatic heterocycles. The molecule has 2 N–H and O–H groups in total. The second-order valence-corrected chi connectivity index (χ2v) is 7.35. The molecule has 0 aromatic carbocycles. The van der Waals surface area contributed by atoms with Gasteiger partial charge >= 0.3 is 6.09 Å². The molecule has 2 aromatic rings. The Morgan fingerprint density at radius 1 is 1.38 bits per heavy atom. The molecular formula is C17H25N7O2. The van der Waals surface area contributed by atoms with E-state index in [1.165, 1.54) is 0 Å². The van der Waals surface area contributed by atoms with Crippen LogP contribution in [0.5, 0.6) is 0 Å². The molecule has 1 atom stereocenters.